The summed E-state index contributed by atoms with van der Waals surface area (Å²) in [5.74, 6) is 0.616. The van der Waals surface area contributed by atoms with E-state index in [1.165, 1.54) is 50.6 Å². The summed E-state index contributed by atoms with van der Waals surface area (Å²) in [6.07, 6.45) is 0. The highest BCUT2D eigenvalue weighted by molar-refractivity contribution is 7.93. The molecule has 0 heterocycles. The second-order valence-electron chi connectivity index (χ2n) is 4.98. The summed E-state index contributed by atoms with van der Waals surface area (Å²) < 4.78 is 37.4. The molecule has 0 fully saturated rings. The molecule has 0 aliphatic rings. The summed E-state index contributed by atoms with van der Waals surface area (Å²) in [6.45, 7) is -0.630. The van der Waals surface area contributed by atoms with Crippen molar-refractivity contribution in [2.24, 2.45) is 0 Å². The van der Waals surface area contributed by atoms with Crippen molar-refractivity contribution in [1.29, 1.82) is 0 Å². The standard InChI is InChI=1S/C16H14Cl3NO5S/c1-24-11-4-6-13(14(8-11)25-2)20(9-16(19)21)26(22,23)15-7-10(17)3-5-12(15)18/h3-8H,9H2,1-2H3. The summed E-state index contributed by atoms with van der Waals surface area (Å²) in [5, 5.41) is -0.759. The maximum atomic E-state index is 13.1. The van der Waals surface area contributed by atoms with Crippen LogP contribution in [0.4, 0.5) is 5.69 Å². The van der Waals surface area contributed by atoms with Gasteiger partial charge in [0.05, 0.1) is 24.9 Å². The number of carbonyl (C=O) groups is 1. The number of rotatable bonds is 7. The fraction of sp³-hybridized carbons (Fsp3) is 0.188. The Labute approximate surface area is 166 Å². The normalized spacial score (nSPS) is 11.1. The fourth-order valence-electron chi connectivity index (χ4n) is 2.20. The van der Waals surface area contributed by atoms with Gasteiger partial charge in [-0.1, -0.05) is 23.2 Å². The lowest BCUT2D eigenvalue weighted by molar-refractivity contribution is -0.110. The first kappa shape index (κ1) is 20.6. The topological polar surface area (TPSA) is 72.9 Å². The van der Waals surface area contributed by atoms with E-state index >= 15 is 0 Å². The fourth-order valence-corrected chi connectivity index (χ4v) is 4.56. The minimum atomic E-state index is -4.26. The van der Waals surface area contributed by atoms with Crippen LogP contribution >= 0.6 is 34.8 Å². The first-order chi connectivity index (χ1) is 12.2. The van der Waals surface area contributed by atoms with Crippen LogP contribution in [0.2, 0.25) is 10.0 Å². The van der Waals surface area contributed by atoms with Crippen LogP contribution < -0.4 is 13.8 Å². The molecule has 0 saturated heterocycles. The largest absolute Gasteiger partial charge is 0.497 e. The van der Waals surface area contributed by atoms with Gasteiger partial charge in [0.15, 0.2) is 0 Å². The maximum absolute atomic E-state index is 13.1. The molecule has 0 unspecified atom stereocenters. The third-order valence-corrected chi connectivity index (χ3v) is 5.98. The van der Waals surface area contributed by atoms with Crippen molar-refractivity contribution in [2.75, 3.05) is 25.1 Å². The van der Waals surface area contributed by atoms with E-state index in [-0.39, 0.29) is 26.4 Å². The molecular formula is C16H14Cl3NO5S. The third-order valence-electron chi connectivity index (χ3n) is 3.38. The number of hydrogen-bond acceptors (Lipinski definition) is 5. The molecule has 0 saturated carbocycles. The second-order valence-corrected chi connectivity index (χ2v) is 8.08. The zero-order valence-corrected chi connectivity index (χ0v) is 16.8. The Balaban J connectivity index is 2.68. The lowest BCUT2D eigenvalue weighted by atomic mass is 10.2. The van der Waals surface area contributed by atoms with E-state index in [4.69, 9.17) is 44.3 Å². The molecule has 2 rings (SSSR count). The molecule has 0 aliphatic heterocycles. The number of carbonyl (C=O) groups excluding carboxylic acids is 1. The molecule has 2 aromatic rings. The molecule has 0 spiro atoms. The molecule has 0 aliphatic carbocycles. The van der Waals surface area contributed by atoms with E-state index in [0.29, 0.717) is 5.75 Å². The Bertz CT molecular complexity index is 933. The lowest BCUT2D eigenvalue weighted by Gasteiger charge is -2.25. The number of halogens is 3. The number of hydrogen-bond donors (Lipinski definition) is 0. The van der Waals surface area contributed by atoms with Gasteiger partial charge < -0.3 is 9.47 Å². The van der Waals surface area contributed by atoms with Crippen LogP contribution in [0.5, 0.6) is 11.5 Å². The highest BCUT2D eigenvalue weighted by Gasteiger charge is 2.31. The lowest BCUT2D eigenvalue weighted by Crippen LogP contribution is -2.35. The van der Waals surface area contributed by atoms with Gasteiger partial charge in [-0.3, -0.25) is 9.10 Å². The van der Waals surface area contributed by atoms with Gasteiger partial charge in [0, 0.05) is 11.1 Å². The average Bonchev–Trinajstić information content (AvgIpc) is 2.60. The van der Waals surface area contributed by atoms with E-state index in [0.717, 1.165) is 4.31 Å². The molecule has 140 valence electrons. The average molecular weight is 439 g/mol. The van der Waals surface area contributed by atoms with Gasteiger partial charge in [-0.15, -0.1) is 0 Å². The van der Waals surface area contributed by atoms with Crippen LogP contribution in [0.3, 0.4) is 0 Å². The van der Waals surface area contributed by atoms with Crippen LogP contribution in [0.1, 0.15) is 0 Å². The molecule has 0 bridgehead atoms. The Hall–Kier alpha value is -1.67. The van der Waals surface area contributed by atoms with Crippen LogP contribution in [0.15, 0.2) is 41.3 Å². The Kier molecular flexibility index (Phi) is 6.63. The van der Waals surface area contributed by atoms with Crippen LogP contribution in [0.25, 0.3) is 0 Å². The first-order valence-corrected chi connectivity index (χ1v) is 9.66. The van der Waals surface area contributed by atoms with Crippen molar-refractivity contribution >= 4 is 55.8 Å². The van der Waals surface area contributed by atoms with Gasteiger partial charge in [-0.05, 0) is 41.9 Å². The predicted octanol–water partition coefficient (Wildman–Crippen LogP) is 3.97. The first-order valence-electron chi connectivity index (χ1n) is 7.09. The van der Waals surface area contributed by atoms with E-state index in [9.17, 15) is 13.2 Å². The minimum absolute atomic E-state index is 0.0473. The number of anilines is 1. The van der Waals surface area contributed by atoms with Crippen molar-refractivity contribution in [3.8, 4) is 11.5 Å². The zero-order valence-electron chi connectivity index (χ0n) is 13.7. The van der Waals surface area contributed by atoms with E-state index in [1.54, 1.807) is 0 Å². The summed E-state index contributed by atoms with van der Waals surface area (Å²) in [4.78, 5) is 11.3. The van der Waals surface area contributed by atoms with Gasteiger partial charge in [-0.2, -0.15) is 0 Å². The SMILES string of the molecule is COc1ccc(N(CC(=O)Cl)S(=O)(=O)c2cc(Cl)ccc2Cl)c(OC)c1. The van der Waals surface area contributed by atoms with Crippen molar-refractivity contribution in [2.45, 2.75) is 4.90 Å². The number of sulfonamides is 1. The van der Waals surface area contributed by atoms with E-state index in [1.807, 2.05) is 0 Å². The monoisotopic (exact) mass is 437 g/mol. The highest BCUT2D eigenvalue weighted by Crippen LogP contribution is 2.37. The highest BCUT2D eigenvalue weighted by atomic mass is 35.5. The van der Waals surface area contributed by atoms with Gasteiger partial charge in [0.25, 0.3) is 10.0 Å². The van der Waals surface area contributed by atoms with Crippen molar-refractivity contribution < 1.29 is 22.7 Å². The molecule has 0 radical (unpaired) electrons. The van der Waals surface area contributed by atoms with Crippen LogP contribution in [-0.4, -0.2) is 34.4 Å². The van der Waals surface area contributed by atoms with Crippen molar-refractivity contribution in [3.05, 3.63) is 46.4 Å². The quantitative estimate of drug-likeness (QED) is 0.612. The van der Waals surface area contributed by atoms with Crippen LogP contribution in [-0.2, 0) is 14.8 Å². The van der Waals surface area contributed by atoms with E-state index in [2.05, 4.69) is 0 Å². The molecule has 0 aromatic heterocycles. The Morgan fingerprint density at radius 3 is 2.35 bits per heavy atom. The Morgan fingerprint density at radius 2 is 1.77 bits per heavy atom. The molecule has 0 atom stereocenters. The smallest absolute Gasteiger partial charge is 0.266 e. The van der Waals surface area contributed by atoms with Gasteiger partial charge in [0.1, 0.15) is 22.9 Å². The minimum Gasteiger partial charge on any atom is -0.497 e. The van der Waals surface area contributed by atoms with Crippen LogP contribution in [0, 0.1) is 0 Å². The molecule has 2 aromatic carbocycles. The van der Waals surface area contributed by atoms with Gasteiger partial charge >= 0.3 is 0 Å². The molecule has 26 heavy (non-hydrogen) atoms. The second kappa shape index (κ2) is 8.35. The third kappa shape index (κ3) is 4.35. The van der Waals surface area contributed by atoms with Gasteiger partial charge in [0.2, 0.25) is 5.24 Å². The number of benzene rings is 2. The molecule has 0 amide bonds. The van der Waals surface area contributed by atoms with Gasteiger partial charge in [-0.25, -0.2) is 8.42 Å². The molecule has 10 heteroatoms. The summed E-state index contributed by atoms with van der Waals surface area (Å²) >= 11 is 17.4. The predicted molar refractivity (Wildman–Crippen MR) is 101 cm³/mol. The zero-order chi connectivity index (χ0) is 19.5. The maximum Gasteiger partial charge on any atom is 0.266 e. The Morgan fingerprint density at radius 1 is 1.08 bits per heavy atom. The summed E-state index contributed by atoms with van der Waals surface area (Å²) in [5.41, 5.74) is 0.0957. The molecular weight excluding hydrogens is 425 g/mol. The number of ether oxygens (including phenoxy) is 2. The summed E-state index contributed by atoms with van der Waals surface area (Å²) in [7, 11) is -1.45. The van der Waals surface area contributed by atoms with Crippen molar-refractivity contribution in [1.82, 2.24) is 0 Å². The number of methoxy groups -OCH3 is 2. The summed E-state index contributed by atoms with van der Waals surface area (Å²) in [6, 6.07) is 8.44. The number of nitrogens with zero attached hydrogens (tertiary/aromatic N) is 1. The molecule has 6 nitrogen and oxygen atoms in total. The molecule has 0 N–H and O–H groups in total. The van der Waals surface area contributed by atoms with Crippen molar-refractivity contribution in [3.63, 3.8) is 0 Å². The van der Waals surface area contributed by atoms with E-state index < -0.39 is 21.8 Å².